The van der Waals surface area contributed by atoms with Crippen LogP contribution in [-0.2, 0) is 0 Å². The van der Waals surface area contributed by atoms with E-state index in [1.165, 1.54) is 71.9 Å². The van der Waals surface area contributed by atoms with Crippen LogP contribution in [0, 0.1) is 0 Å². The first-order valence-electron chi connectivity index (χ1n) is 18.8. The van der Waals surface area contributed by atoms with Crippen molar-refractivity contribution in [2.24, 2.45) is 0 Å². The van der Waals surface area contributed by atoms with Gasteiger partial charge in [-0.2, -0.15) is 0 Å². The van der Waals surface area contributed by atoms with Crippen molar-refractivity contribution < 1.29 is 0 Å². The maximum atomic E-state index is 4.60. The van der Waals surface area contributed by atoms with E-state index in [0.29, 0.717) is 0 Å². The van der Waals surface area contributed by atoms with Gasteiger partial charge >= 0.3 is 0 Å². The fourth-order valence-electron chi connectivity index (χ4n) is 6.24. The first kappa shape index (κ1) is 39.2. The van der Waals surface area contributed by atoms with Gasteiger partial charge in [0.05, 0.1) is 5.52 Å². The largest absolute Gasteiger partial charge is 0.264 e. The maximum Gasteiger partial charge on any atom is 0.0708 e. The molecule has 6 aromatic carbocycles. The van der Waals surface area contributed by atoms with Crippen LogP contribution in [0.3, 0.4) is 0 Å². The van der Waals surface area contributed by atoms with Crippen molar-refractivity contribution in [2.75, 3.05) is 0 Å². The number of rotatable bonds is 4. The first-order valence-corrected chi connectivity index (χ1v) is 18.8. The lowest BCUT2D eigenvalue weighted by molar-refractivity contribution is 1.09. The standard InChI is InChI=1S/C36H22N2.C5H10.C4H8.C3H8.C2H6/c1-5-29(31-6-3-21-38-34(31)7-1)30-17-15-26-13-12-25-14-16-28(32-18-19-33(30)36(26)35(25)32)24-10-8-23(9-11-24)27-4-2-20-37-22-27;1-3-5-4-2;1-3-4-2;1-3-2;1-2/h1-22H;3,5H,4H2,1-2H3;3-4H,1-2H3;3H2,1-2H3;1-2H3/b;5-3-;4-3-;;. The first-order chi connectivity index (χ1) is 25.6. The summed E-state index contributed by atoms with van der Waals surface area (Å²) in [6.45, 7) is 16.4. The van der Waals surface area contributed by atoms with Gasteiger partial charge in [0.15, 0.2) is 0 Å². The number of fused-ring (bicyclic) bond motifs is 1. The summed E-state index contributed by atoms with van der Waals surface area (Å²) in [5.74, 6) is 0. The highest BCUT2D eigenvalue weighted by atomic mass is 14.6. The van der Waals surface area contributed by atoms with E-state index in [0.717, 1.165) is 17.5 Å². The van der Waals surface area contributed by atoms with E-state index in [-0.39, 0.29) is 0 Å². The minimum atomic E-state index is 1.02. The van der Waals surface area contributed by atoms with Crippen LogP contribution in [0.15, 0.2) is 158 Å². The van der Waals surface area contributed by atoms with Gasteiger partial charge in [0.1, 0.15) is 0 Å². The molecule has 0 aliphatic heterocycles. The lowest BCUT2D eigenvalue weighted by Gasteiger charge is -2.17. The number of hydrogen-bond donors (Lipinski definition) is 0. The smallest absolute Gasteiger partial charge is 0.0708 e. The van der Waals surface area contributed by atoms with E-state index in [1.807, 2.05) is 77.5 Å². The predicted molar refractivity (Wildman–Crippen MR) is 232 cm³/mol. The normalized spacial score (nSPS) is 10.7. The van der Waals surface area contributed by atoms with Crippen molar-refractivity contribution in [3.63, 3.8) is 0 Å². The molecule has 8 aromatic rings. The molecule has 2 heteroatoms. The van der Waals surface area contributed by atoms with Gasteiger partial charge in [-0.05, 0) is 111 Å². The van der Waals surface area contributed by atoms with E-state index in [1.54, 1.807) is 0 Å². The summed E-state index contributed by atoms with van der Waals surface area (Å²) >= 11 is 0. The average Bonchev–Trinajstić information content (AvgIpc) is 3.22. The van der Waals surface area contributed by atoms with Gasteiger partial charge in [-0.25, -0.2) is 0 Å². The van der Waals surface area contributed by atoms with Gasteiger partial charge in [0.25, 0.3) is 0 Å². The van der Waals surface area contributed by atoms with E-state index in [9.17, 15) is 0 Å². The molecule has 0 spiro atoms. The molecule has 0 aliphatic carbocycles. The van der Waals surface area contributed by atoms with E-state index in [4.69, 9.17) is 0 Å². The Kier molecular flexibility index (Phi) is 15.3. The van der Waals surface area contributed by atoms with Crippen molar-refractivity contribution in [3.05, 3.63) is 158 Å². The molecule has 0 N–H and O–H groups in total. The molecular weight excluding hydrogens is 629 g/mol. The zero-order valence-electron chi connectivity index (χ0n) is 32.3. The fraction of sp³-hybridized carbons (Fsp3) is 0.200. The summed E-state index contributed by atoms with van der Waals surface area (Å²) in [7, 11) is 0. The Balaban J connectivity index is 0.000000376. The van der Waals surface area contributed by atoms with Crippen molar-refractivity contribution >= 4 is 43.2 Å². The third-order valence-corrected chi connectivity index (χ3v) is 8.60. The minimum Gasteiger partial charge on any atom is -0.264 e. The summed E-state index contributed by atoms with van der Waals surface area (Å²) < 4.78 is 0. The van der Waals surface area contributed by atoms with Crippen LogP contribution in [0.1, 0.15) is 68.2 Å². The molecule has 2 nitrogen and oxygen atoms in total. The Morgan fingerprint density at radius 3 is 1.60 bits per heavy atom. The van der Waals surface area contributed by atoms with E-state index >= 15 is 0 Å². The summed E-state index contributed by atoms with van der Waals surface area (Å²) in [5.41, 5.74) is 8.27. The second kappa shape index (κ2) is 20.3. The summed E-state index contributed by atoms with van der Waals surface area (Å²) in [6, 6.07) is 41.7. The number of nitrogens with zero attached hydrogens (tertiary/aromatic N) is 2. The lowest BCUT2D eigenvalue weighted by atomic mass is 9.86. The molecule has 0 fully saturated rings. The SMILES string of the molecule is C/C=C\C.C/C=C\CC.CC.CCC.c1cncc(-c2ccc(-c3ccc4ccc5ccc(-c6cccc7ncccc67)c6ccc3c4c56)cc2)c1. The predicted octanol–water partition coefficient (Wildman–Crippen LogP) is 15.5. The van der Waals surface area contributed by atoms with Crippen LogP contribution in [0.2, 0.25) is 0 Å². The van der Waals surface area contributed by atoms with Crippen molar-refractivity contribution in [1.29, 1.82) is 0 Å². The Morgan fingerprint density at radius 1 is 0.481 bits per heavy atom. The number of hydrogen-bond acceptors (Lipinski definition) is 2. The number of allylic oxidation sites excluding steroid dienone is 4. The lowest BCUT2D eigenvalue weighted by Crippen LogP contribution is -1.90. The molecule has 0 saturated carbocycles. The van der Waals surface area contributed by atoms with Crippen LogP contribution in [0.5, 0.6) is 0 Å². The summed E-state index contributed by atoms with van der Waals surface area (Å²) in [4.78, 5) is 8.87. The van der Waals surface area contributed by atoms with Crippen molar-refractivity contribution in [1.82, 2.24) is 9.97 Å². The zero-order chi connectivity index (χ0) is 37.3. The molecule has 0 saturated heterocycles. The molecular formula is C50H54N2. The quantitative estimate of drug-likeness (QED) is 0.136. The van der Waals surface area contributed by atoms with Gasteiger partial charge in [0, 0.05) is 24.0 Å². The number of benzene rings is 6. The van der Waals surface area contributed by atoms with Gasteiger partial charge in [-0.15, -0.1) is 0 Å². The summed E-state index contributed by atoms with van der Waals surface area (Å²) in [5, 5.41) is 8.93. The summed E-state index contributed by atoms with van der Waals surface area (Å²) in [6.07, 6.45) is 16.2. The zero-order valence-corrected chi connectivity index (χ0v) is 32.3. The van der Waals surface area contributed by atoms with Gasteiger partial charge in [-0.3, -0.25) is 9.97 Å². The van der Waals surface area contributed by atoms with Crippen LogP contribution < -0.4 is 0 Å². The highest BCUT2D eigenvalue weighted by molar-refractivity contribution is 6.28. The Bertz CT molecular complexity index is 2300. The number of aromatic nitrogens is 2. The number of pyridine rings is 2. The molecule has 0 radical (unpaired) electrons. The molecule has 264 valence electrons. The Hall–Kier alpha value is -5.60. The highest BCUT2D eigenvalue weighted by Crippen LogP contribution is 2.43. The third kappa shape index (κ3) is 9.00. The molecule has 0 bridgehead atoms. The second-order valence-electron chi connectivity index (χ2n) is 12.2. The van der Waals surface area contributed by atoms with Gasteiger partial charge in [0.2, 0.25) is 0 Å². The van der Waals surface area contributed by atoms with Crippen LogP contribution >= 0.6 is 0 Å². The van der Waals surface area contributed by atoms with Crippen molar-refractivity contribution in [3.8, 4) is 33.4 Å². The molecule has 8 rings (SSSR count). The molecule has 0 amide bonds. The molecule has 0 unspecified atom stereocenters. The molecule has 0 aliphatic rings. The molecule has 2 heterocycles. The van der Waals surface area contributed by atoms with Crippen molar-refractivity contribution in [2.45, 2.75) is 68.2 Å². The topological polar surface area (TPSA) is 25.8 Å². The monoisotopic (exact) mass is 682 g/mol. The van der Waals surface area contributed by atoms with Crippen LogP contribution in [0.25, 0.3) is 76.6 Å². The van der Waals surface area contributed by atoms with E-state index in [2.05, 4.69) is 146 Å². The maximum absolute atomic E-state index is 4.60. The fourth-order valence-corrected chi connectivity index (χ4v) is 6.24. The Morgan fingerprint density at radius 2 is 1.04 bits per heavy atom. The molecule has 2 aromatic heterocycles. The van der Waals surface area contributed by atoms with Gasteiger partial charge < -0.3 is 0 Å². The van der Waals surface area contributed by atoms with E-state index < -0.39 is 0 Å². The Labute approximate surface area is 312 Å². The highest BCUT2D eigenvalue weighted by Gasteiger charge is 2.16. The molecule has 0 atom stereocenters. The second-order valence-corrected chi connectivity index (χ2v) is 12.2. The minimum absolute atomic E-state index is 1.02. The third-order valence-electron chi connectivity index (χ3n) is 8.60. The van der Waals surface area contributed by atoms with Gasteiger partial charge in [-0.1, -0.05) is 162 Å². The average molecular weight is 683 g/mol. The van der Waals surface area contributed by atoms with Crippen LogP contribution in [0.4, 0.5) is 0 Å². The molecule has 52 heavy (non-hydrogen) atoms. The van der Waals surface area contributed by atoms with Crippen LogP contribution in [-0.4, -0.2) is 9.97 Å².